The Bertz CT molecular complexity index is 1190. The molecule has 0 bridgehead atoms. The number of aliphatic hydroxyl groups excluding tert-OH is 1. The lowest BCUT2D eigenvalue weighted by Crippen LogP contribution is -2.29. The summed E-state index contributed by atoms with van der Waals surface area (Å²) < 4.78 is 0. The van der Waals surface area contributed by atoms with Crippen molar-refractivity contribution in [1.82, 2.24) is 0 Å². The highest BCUT2D eigenvalue weighted by atomic mass is 35.5. The minimum absolute atomic E-state index is 0.00564. The van der Waals surface area contributed by atoms with E-state index in [0.29, 0.717) is 21.8 Å². The average Bonchev–Trinajstić information content (AvgIpc) is 3.01. The molecule has 0 saturated carbocycles. The largest absolute Gasteiger partial charge is 0.507 e. The molecule has 1 saturated heterocycles. The van der Waals surface area contributed by atoms with Crippen LogP contribution >= 0.6 is 23.2 Å². The fourth-order valence-electron chi connectivity index (χ4n) is 3.63. The number of hydrogen-bond acceptors (Lipinski definition) is 3. The molecule has 1 atom stereocenters. The van der Waals surface area contributed by atoms with Crippen LogP contribution in [0.4, 0.5) is 5.69 Å². The van der Waals surface area contributed by atoms with Crippen LogP contribution in [0.2, 0.25) is 10.0 Å². The fraction of sp³-hybridized carbons (Fsp3) is 0.0833. The maximum atomic E-state index is 13.1. The highest BCUT2D eigenvalue weighted by Crippen LogP contribution is 2.42. The predicted octanol–water partition coefficient (Wildman–Crippen LogP) is 5.93. The molecule has 1 heterocycles. The van der Waals surface area contributed by atoms with Crippen LogP contribution in [-0.4, -0.2) is 16.8 Å². The van der Waals surface area contributed by atoms with Gasteiger partial charge in [0.15, 0.2) is 0 Å². The van der Waals surface area contributed by atoms with Gasteiger partial charge in [0.1, 0.15) is 5.76 Å². The third-order valence-electron chi connectivity index (χ3n) is 5.03. The van der Waals surface area contributed by atoms with E-state index in [0.717, 1.165) is 5.56 Å². The summed E-state index contributed by atoms with van der Waals surface area (Å²) in [4.78, 5) is 27.5. The number of anilines is 1. The molecule has 1 amide bonds. The van der Waals surface area contributed by atoms with Crippen molar-refractivity contribution in [2.75, 3.05) is 4.90 Å². The number of Topliss-reactive ketones (excluding diaryl/α,β-unsaturated/α-hetero) is 1. The molecule has 6 heteroatoms. The van der Waals surface area contributed by atoms with Gasteiger partial charge in [-0.15, -0.1) is 0 Å². The van der Waals surface area contributed by atoms with Crippen molar-refractivity contribution in [3.05, 3.63) is 105 Å². The molecule has 0 aromatic heterocycles. The zero-order chi connectivity index (χ0) is 21.4. The molecular weight excluding hydrogens is 421 g/mol. The summed E-state index contributed by atoms with van der Waals surface area (Å²) in [5.41, 5.74) is 2.56. The Labute approximate surface area is 184 Å². The summed E-state index contributed by atoms with van der Waals surface area (Å²) in [6.07, 6.45) is 0. The minimum Gasteiger partial charge on any atom is -0.507 e. The van der Waals surface area contributed by atoms with Gasteiger partial charge in [0, 0.05) is 11.3 Å². The van der Waals surface area contributed by atoms with Crippen molar-refractivity contribution < 1.29 is 14.7 Å². The van der Waals surface area contributed by atoms with Crippen LogP contribution in [-0.2, 0) is 9.59 Å². The van der Waals surface area contributed by atoms with Crippen LogP contribution in [0.3, 0.4) is 0 Å². The first-order valence-electron chi connectivity index (χ1n) is 9.26. The van der Waals surface area contributed by atoms with Gasteiger partial charge >= 0.3 is 0 Å². The first kappa shape index (κ1) is 20.2. The Kier molecular flexibility index (Phi) is 5.37. The third kappa shape index (κ3) is 3.49. The second-order valence-corrected chi connectivity index (χ2v) is 7.86. The van der Waals surface area contributed by atoms with Crippen LogP contribution in [0.1, 0.15) is 22.7 Å². The molecule has 4 rings (SSSR count). The van der Waals surface area contributed by atoms with Crippen molar-refractivity contribution in [1.29, 1.82) is 0 Å². The Morgan fingerprint density at radius 1 is 0.900 bits per heavy atom. The summed E-state index contributed by atoms with van der Waals surface area (Å²) in [6, 6.07) is 20.3. The first-order chi connectivity index (χ1) is 14.4. The molecule has 0 spiro atoms. The average molecular weight is 438 g/mol. The van der Waals surface area contributed by atoms with E-state index in [1.54, 1.807) is 12.1 Å². The number of carbonyl (C=O) groups is 2. The minimum atomic E-state index is -0.776. The van der Waals surface area contributed by atoms with Crippen LogP contribution in [0.15, 0.2) is 78.4 Å². The highest BCUT2D eigenvalue weighted by Gasteiger charge is 2.46. The zero-order valence-corrected chi connectivity index (χ0v) is 17.5. The van der Waals surface area contributed by atoms with E-state index in [1.165, 1.54) is 17.0 Å². The third-order valence-corrected chi connectivity index (χ3v) is 5.77. The van der Waals surface area contributed by atoms with Gasteiger partial charge in [0.05, 0.1) is 21.7 Å². The number of benzene rings is 3. The van der Waals surface area contributed by atoms with E-state index in [2.05, 4.69) is 0 Å². The van der Waals surface area contributed by atoms with Crippen molar-refractivity contribution in [3.8, 4) is 0 Å². The molecule has 3 aromatic rings. The van der Waals surface area contributed by atoms with E-state index < -0.39 is 17.7 Å². The van der Waals surface area contributed by atoms with Crippen molar-refractivity contribution in [2.24, 2.45) is 0 Å². The van der Waals surface area contributed by atoms with Gasteiger partial charge in [0.25, 0.3) is 11.7 Å². The monoisotopic (exact) mass is 437 g/mol. The molecule has 3 aromatic carbocycles. The van der Waals surface area contributed by atoms with Gasteiger partial charge in [-0.3, -0.25) is 14.5 Å². The molecule has 1 fully saturated rings. The Balaban J connectivity index is 1.95. The second-order valence-electron chi connectivity index (χ2n) is 7.05. The van der Waals surface area contributed by atoms with Gasteiger partial charge in [-0.2, -0.15) is 0 Å². The number of amides is 1. The number of aryl methyl sites for hydroxylation is 1. The number of rotatable bonds is 3. The van der Waals surface area contributed by atoms with Crippen molar-refractivity contribution in [3.63, 3.8) is 0 Å². The SMILES string of the molecule is Cc1cccc(N2C(=O)C(=O)/C(=C(\O)c3ccc(Cl)c(Cl)c3)C2c2ccccc2)c1. The van der Waals surface area contributed by atoms with E-state index in [4.69, 9.17) is 23.2 Å². The number of aliphatic hydroxyl groups is 1. The quantitative estimate of drug-likeness (QED) is 0.313. The molecule has 1 N–H and O–H groups in total. The zero-order valence-electron chi connectivity index (χ0n) is 16.0. The van der Waals surface area contributed by atoms with Gasteiger partial charge in [-0.05, 0) is 48.4 Å². The maximum absolute atomic E-state index is 13.1. The summed E-state index contributed by atoms with van der Waals surface area (Å²) in [6.45, 7) is 1.91. The Hall–Kier alpha value is -3.08. The molecule has 1 unspecified atom stereocenters. The first-order valence-corrected chi connectivity index (χ1v) is 10.0. The predicted molar refractivity (Wildman–Crippen MR) is 119 cm³/mol. The topological polar surface area (TPSA) is 57.6 Å². The summed E-state index contributed by atoms with van der Waals surface area (Å²) in [5, 5.41) is 11.6. The number of ketones is 1. The second kappa shape index (κ2) is 7.98. The van der Waals surface area contributed by atoms with Gasteiger partial charge in [0.2, 0.25) is 0 Å². The number of nitrogens with zero attached hydrogens (tertiary/aromatic N) is 1. The lowest BCUT2D eigenvalue weighted by molar-refractivity contribution is -0.132. The summed E-state index contributed by atoms with van der Waals surface area (Å²) in [7, 11) is 0. The Morgan fingerprint density at radius 3 is 2.30 bits per heavy atom. The normalized spacial score (nSPS) is 18.1. The lowest BCUT2D eigenvalue weighted by Gasteiger charge is -2.25. The Morgan fingerprint density at radius 2 is 1.63 bits per heavy atom. The molecule has 150 valence electrons. The van der Waals surface area contributed by atoms with Crippen molar-refractivity contribution >= 4 is 46.3 Å². The van der Waals surface area contributed by atoms with Crippen LogP contribution in [0.5, 0.6) is 0 Å². The van der Waals surface area contributed by atoms with Gasteiger partial charge in [-0.25, -0.2) is 0 Å². The molecule has 1 aliphatic rings. The van der Waals surface area contributed by atoms with Crippen molar-refractivity contribution in [2.45, 2.75) is 13.0 Å². The number of hydrogen-bond donors (Lipinski definition) is 1. The molecule has 30 heavy (non-hydrogen) atoms. The van der Waals surface area contributed by atoms with Crippen LogP contribution in [0.25, 0.3) is 5.76 Å². The number of carbonyl (C=O) groups excluding carboxylic acids is 2. The van der Waals surface area contributed by atoms with E-state index >= 15 is 0 Å². The summed E-state index contributed by atoms with van der Waals surface area (Å²) in [5.74, 6) is -1.75. The standard InChI is InChI=1S/C24H17Cl2NO3/c1-14-6-5-9-17(12-14)27-21(15-7-3-2-4-8-15)20(23(29)24(27)30)22(28)16-10-11-18(25)19(26)13-16/h2-13,21,28H,1H3/b22-20-. The maximum Gasteiger partial charge on any atom is 0.300 e. The van der Waals surface area contributed by atoms with Crippen LogP contribution < -0.4 is 4.90 Å². The molecule has 1 aliphatic heterocycles. The number of halogens is 2. The molecule has 0 aliphatic carbocycles. The summed E-state index contributed by atoms with van der Waals surface area (Å²) >= 11 is 12.1. The van der Waals surface area contributed by atoms with E-state index in [-0.39, 0.29) is 16.4 Å². The smallest absolute Gasteiger partial charge is 0.300 e. The highest BCUT2D eigenvalue weighted by molar-refractivity contribution is 6.51. The lowest BCUT2D eigenvalue weighted by atomic mass is 9.95. The molecular formula is C24H17Cl2NO3. The molecule has 0 radical (unpaired) electrons. The fourth-order valence-corrected chi connectivity index (χ4v) is 3.92. The molecule has 4 nitrogen and oxygen atoms in total. The van der Waals surface area contributed by atoms with E-state index in [9.17, 15) is 14.7 Å². The van der Waals surface area contributed by atoms with Gasteiger partial charge in [-0.1, -0.05) is 65.7 Å². The van der Waals surface area contributed by atoms with Crippen LogP contribution in [0, 0.1) is 6.92 Å². The van der Waals surface area contributed by atoms with E-state index in [1.807, 2.05) is 55.5 Å². The van der Waals surface area contributed by atoms with Gasteiger partial charge < -0.3 is 5.11 Å².